The SMILES string of the molecule is COc1ccccc1CCNC(=O)C1Cc2ccccc2N2CCN(Cc3ccc(F)cc3)CC12. The van der Waals surface area contributed by atoms with Gasteiger partial charge in [-0.1, -0.05) is 48.5 Å². The molecular weight excluding hydrogens is 441 g/mol. The van der Waals surface area contributed by atoms with Crippen molar-refractivity contribution in [2.75, 3.05) is 38.2 Å². The molecule has 5 nitrogen and oxygen atoms in total. The summed E-state index contributed by atoms with van der Waals surface area (Å²) in [6, 6.07) is 23.2. The Morgan fingerprint density at radius 1 is 1.03 bits per heavy atom. The van der Waals surface area contributed by atoms with Gasteiger partial charge in [0.1, 0.15) is 11.6 Å². The Bertz CT molecular complexity index is 1170. The number of methoxy groups -OCH3 is 1. The molecule has 1 amide bonds. The second-order valence-corrected chi connectivity index (χ2v) is 9.41. The molecule has 1 fully saturated rings. The van der Waals surface area contributed by atoms with Crippen LogP contribution in [0.4, 0.5) is 10.1 Å². The lowest BCUT2D eigenvalue weighted by atomic mass is 9.83. The van der Waals surface area contributed by atoms with Crippen LogP contribution < -0.4 is 15.0 Å². The molecule has 0 bridgehead atoms. The number of nitrogens with zero attached hydrogens (tertiary/aromatic N) is 2. The number of halogens is 1. The van der Waals surface area contributed by atoms with Crippen molar-refractivity contribution in [2.45, 2.75) is 25.4 Å². The van der Waals surface area contributed by atoms with Gasteiger partial charge in [0.2, 0.25) is 5.91 Å². The monoisotopic (exact) mass is 473 g/mol. The molecule has 2 aliphatic rings. The number of carbonyl (C=O) groups excluding carboxylic acids is 1. The first-order chi connectivity index (χ1) is 17.1. The number of carbonyl (C=O) groups is 1. The van der Waals surface area contributed by atoms with E-state index >= 15 is 0 Å². The molecule has 2 heterocycles. The maximum Gasteiger partial charge on any atom is 0.225 e. The number of hydrogen-bond acceptors (Lipinski definition) is 4. The van der Waals surface area contributed by atoms with Crippen LogP contribution in [0.3, 0.4) is 0 Å². The number of anilines is 1. The van der Waals surface area contributed by atoms with Crippen molar-refractivity contribution in [2.24, 2.45) is 5.92 Å². The van der Waals surface area contributed by atoms with Crippen molar-refractivity contribution in [3.8, 4) is 5.75 Å². The van der Waals surface area contributed by atoms with E-state index in [0.717, 1.165) is 55.9 Å². The number of rotatable bonds is 7. The maximum absolute atomic E-state index is 13.5. The first kappa shape index (κ1) is 23.4. The quantitative estimate of drug-likeness (QED) is 0.562. The molecule has 3 aromatic rings. The molecule has 182 valence electrons. The second kappa shape index (κ2) is 10.5. The average molecular weight is 474 g/mol. The minimum absolute atomic E-state index is 0.102. The summed E-state index contributed by atoms with van der Waals surface area (Å²) in [6.45, 7) is 3.91. The van der Waals surface area contributed by atoms with Gasteiger partial charge in [-0.2, -0.15) is 0 Å². The van der Waals surface area contributed by atoms with Crippen LogP contribution in [0.15, 0.2) is 72.8 Å². The second-order valence-electron chi connectivity index (χ2n) is 9.41. The van der Waals surface area contributed by atoms with Crippen LogP contribution in [0, 0.1) is 11.7 Å². The first-order valence-corrected chi connectivity index (χ1v) is 12.3. The third kappa shape index (κ3) is 5.17. The van der Waals surface area contributed by atoms with Crippen molar-refractivity contribution in [3.05, 3.63) is 95.3 Å². The summed E-state index contributed by atoms with van der Waals surface area (Å²) in [5.41, 5.74) is 4.67. The zero-order valence-corrected chi connectivity index (χ0v) is 20.1. The highest BCUT2D eigenvalue weighted by molar-refractivity contribution is 5.82. The van der Waals surface area contributed by atoms with Crippen molar-refractivity contribution < 1.29 is 13.9 Å². The smallest absolute Gasteiger partial charge is 0.225 e. The fraction of sp³-hybridized carbons (Fsp3) is 0.345. The molecular formula is C29H32FN3O2. The number of piperazine rings is 1. The summed E-state index contributed by atoms with van der Waals surface area (Å²) in [6.07, 6.45) is 1.46. The van der Waals surface area contributed by atoms with E-state index in [2.05, 4.69) is 39.4 Å². The molecule has 2 aliphatic heterocycles. The Morgan fingerprint density at radius 3 is 2.63 bits per heavy atom. The van der Waals surface area contributed by atoms with E-state index in [1.807, 2.05) is 36.4 Å². The van der Waals surface area contributed by atoms with Crippen molar-refractivity contribution in [1.29, 1.82) is 0 Å². The summed E-state index contributed by atoms with van der Waals surface area (Å²) in [7, 11) is 1.67. The molecule has 1 saturated heterocycles. The molecule has 0 spiro atoms. The van der Waals surface area contributed by atoms with E-state index in [1.54, 1.807) is 7.11 Å². The van der Waals surface area contributed by atoms with Gasteiger partial charge in [0.15, 0.2) is 0 Å². The van der Waals surface area contributed by atoms with Gasteiger partial charge in [-0.25, -0.2) is 4.39 Å². The van der Waals surface area contributed by atoms with Crippen molar-refractivity contribution >= 4 is 11.6 Å². The molecule has 0 aliphatic carbocycles. The van der Waals surface area contributed by atoms with E-state index in [9.17, 15) is 9.18 Å². The Morgan fingerprint density at radius 2 is 1.80 bits per heavy atom. The third-order valence-electron chi connectivity index (χ3n) is 7.25. The minimum atomic E-state index is -0.215. The highest BCUT2D eigenvalue weighted by Gasteiger charge is 2.41. The minimum Gasteiger partial charge on any atom is -0.496 e. The number of hydrogen-bond donors (Lipinski definition) is 1. The highest BCUT2D eigenvalue weighted by Crippen LogP contribution is 2.36. The standard InChI is InChI=1S/C29H32FN3O2/c1-35-28-9-5-3-6-22(28)14-15-31-29(34)25-18-23-7-2-4-8-26(23)33-17-16-32(20-27(25)33)19-21-10-12-24(30)13-11-21/h2-13,25,27H,14-20H2,1H3,(H,31,34). The Kier molecular flexibility index (Phi) is 7.00. The predicted octanol–water partition coefficient (Wildman–Crippen LogP) is 4.06. The van der Waals surface area contributed by atoms with Crippen LogP contribution in [0.5, 0.6) is 5.75 Å². The molecule has 0 aromatic heterocycles. The van der Waals surface area contributed by atoms with Gasteiger partial charge < -0.3 is 15.0 Å². The lowest BCUT2D eigenvalue weighted by Gasteiger charge is -2.49. The van der Waals surface area contributed by atoms with Crippen molar-refractivity contribution in [3.63, 3.8) is 0 Å². The van der Waals surface area contributed by atoms with E-state index < -0.39 is 0 Å². The van der Waals surface area contributed by atoms with Gasteiger partial charge in [0.25, 0.3) is 0 Å². The van der Waals surface area contributed by atoms with Gasteiger partial charge in [-0.3, -0.25) is 9.69 Å². The molecule has 2 unspecified atom stereocenters. The summed E-state index contributed by atoms with van der Waals surface area (Å²) in [5, 5.41) is 3.21. The largest absolute Gasteiger partial charge is 0.496 e. The van der Waals surface area contributed by atoms with Crippen LogP contribution >= 0.6 is 0 Å². The fourth-order valence-corrected chi connectivity index (χ4v) is 5.47. The summed E-state index contributed by atoms with van der Waals surface area (Å²) in [5.74, 6) is 0.613. The van der Waals surface area contributed by atoms with Crippen LogP contribution in [-0.2, 0) is 24.2 Å². The topological polar surface area (TPSA) is 44.8 Å². The van der Waals surface area contributed by atoms with Crippen molar-refractivity contribution in [1.82, 2.24) is 10.2 Å². The molecule has 5 rings (SSSR count). The lowest BCUT2D eigenvalue weighted by molar-refractivity contribution is -0.126. The number of fused-ring (bicyclic) bond motifs is 3. The molecule has 1 N–H and O–H groups in total. The molecule has 6 heteroatoms. The zero-order chi connectivity index (χ0) is 24.2. The van der Waals surface area contributed by atoms with Gasteiger partial charge >= 0.3 is 0 Å². The summed E-state index contributed by atoms with van der Waals surface area (Å²) >= 11 is 0. The average Bonchev–Trinajstić information content (AvgIpc) is 2.89. The molecule has 35 heavy (non-hydrogen) atoms. The van der Waals surface area contributed by atoms with Crippen LogP contribution in [0.2, 0.25) is 0 Å². The van der Waals surface area contributed by atoms with E-state index in [1.165, 1.54) is 23.4 Å². The number of ether oxygens (including phenoxy) is 1. The Balaban J connectivity index is 1.29. The van der Waals surface area contributed by atoms with Gasteiger partial charge in [0.05, 0.1) is 19.1 Å². The first-order valence-electron chi connectivity index (χ1n) is 12.3. The Hall–Kier alpha value is -3.38. The molecule has 2 atom stereocenters. The van der Waals surface area contributed by atoms with E-state index in [0.29, 0.717) is 6.54 Å². The van der Waals surface area contributed by atoms with Gasteiger partial charge in [-0.15, -0.1) is 0 Å². The number of para-hydroxylation sites is 2. The third-order valence-corrected chi connectivity index (χ3v) is 7.25. The zero-order valence-electron chi connectivity index (χ0n) is 20.1. The molecule has 0 saturated carbocycles. The normalized spacial score (nSPS) is 19.5. The number of amides is 1. The summed E-state index contributed by atoms with van der Waals surface area (Å²) < 4.78 is 18.8. The fourth-order valence-electron chi connectivity index (χ4n) is 5.47. The lowest BCUT2D eigenvalue weighted by Crippen LogP contribution is -2.61. The predicted molar refractivity (Wildman–Crippen MR) is 136 cm³/mol. The maximum atomic E-state index is 13.5. The number of nitrogens with one attached hydrogen (secondary N) is 1. The number of benzene rings is 3. The van der Waals surface area contributed by atoms with Crippen LogP contribution in [0.1, 0.15) is 16.7 Å². The van der Waals surface area contributed by atoms with Gasteiger partial charge in [0, 0.05) is 38.4 Å². The highest BCUT2D eigenvalue weighted by atomic mass is 19.1. The van der Waals surface area contributed by atoms with Crippen LogP contribution in [0.25, 0.3) is 0 Å². The molecule has 3 aromatic carbocycles. The van der Waals surface area contributed by atoms with E-state index in [4.69, 9.17) is 4.74 Å². The summed E-state index contributed by atoms with van der Waals surface area (Å²) in [4.78, 5) is 18.3. The van der Waals surface area contributed by atoms with E-state index in [-0.39, 0.29) is 23.7 Å². The molecule has 0 radical (unpaired) electrons. The van der Waals surface area contributed by atoms with Crippen LogP contribution in [-0.4, -0.2) is 50.1 Å². The Labute approximate surface area is 206 Å². The van der Waals surface area contributed by atoms with Gasteiger partial charge in [-0.05, 0) is 53.8 Å².